The Kier molecular flexibility index (Phi) is 5.02. The maximum Gasteiger partial charge on any atom is 0.139 e. The van der Waals surface area contributed by atoms with Crippen molar-refractivity contribution in [3.8, 4) is 5.75 Å². The van der Waals surface area contributed by atoms with Gasteiger partial charge in [0.05, 0.1) is 17.8 Å². The van der Waals surface area contributed by atoms with Gasteiger partial charge in [0.2, 0.25) is 0 Å². The number of halogens is 2. The fourth-order valence-electron chi connectivity index (χ4n) is 1.13. The van der Waals surface area contributed by atoms with Crippen molar-refractivity contribution in [1.82, 2.24) is 0 Å². The zero-order valence-corrected chi connectivity index (χ0v) is 9.90. The Labute approximate surface area is 99.0 Å². The second-order valence-corrected chi connectivity index (χ2v) is 3.70. The zero-order valence-electron chi connectivity index (χ0n) is 8.39. The van der Waals surface area contributed by atoms with E-state index in [1.807, 2.05) is 0 Å². The smallest absolute Gasteiger partial charge is 0.139 e. The largest absolute Gasteiger partial charge is 0.495 e. The molecule has 1 aromatic carbocycles. The summed E-state index contributed by atoms with van der Waals surface area (Å²) in [6.07, 6.45) is 0.667. The highest BCUT2D eigenvalue weighted by Gasteiger charge is 2.09. The van der Waals surface area contributed by atoms with Crippen LogP contribution in [0.5, 0.6) is 5.75 Å². The Morgan fingerprint density at radius 2 is 2.07 bits per heavy atom. The summed E-state index contributed by atoms with van der Waals surface area (Å²) in [4.78, 5) is 0. The van der Waals surface area contributed by atoms with Crippen LogP contribution in [0.15, 0.2) is 12.1 Å². The molecule has 5 heteroatoms. The van der Waals surface area contributed by atoms with Crippen LogP contribution in [0.1, 0.15) is 6.42 Å². The summed E-state index contributed by atoms with van der Waals surface area (Å²) in [6.45, 7) is 0.799. The van der Waals surface area contributed by atoms with Crippen molar-refractivity contribution in [3.63, 3.8) is 0 Å². The monoisotopic (exact) mass is 249 g/mol. The molecule has 0 aliphatic heterocycles. The van der Waals surface area contributed by atoms with E-state index in [1.165, 1.54) is 7.11 Å². The van der Waals surface area contributed by atoms with E-state index in [9.17, 15) is 0 Å². The maximum absolute atomic E-state index is 8.63. The van der Waals surface area contributed by atoms with Gasteiger partial charge in [-0.2, -0.15) is 0 Å². The van der Waals surface area contributed by atoms with E-state index in [1.54, 1.807) is 12.1 Å². The zero-order chi connectivity index (χ0) is 11.3. The number of aliphatic hydroxyl groups is 1. The van der Waals surface area contributed by atoms with E-state index in [4.69, 9.17) is 33.0 Å². The number of aliphatic hydroxyl groups excluding tert-OH is 1. The number of hydrogen-bond acceptors (Lipinski definition) is 3. The highest BCUT2D eigenvalue weighted by atomic mass is 35.5. The van der Waals surface area contributed by atoms with Crippen molar-refractivity contribution in [2.24, 2.45) is 0 Å². The molecule has 0 radical (unpaired) electrons. The van der Waals surface area contributed by atoms with Crippen LogP contribution < -0.4 is 10.1 Å². The van der Waals surface area contributed by atoms with Gasteiger partial charge in [-0.15, -0.1) is 0 Å². The van der Waals surface area contributed by atoms with E-state index in [0.29, 0.717) is 28.8 Å². The third-order valence-corrected chi connectivity index (χ3v) is 2.78. The molecule has 0 saturated heterocycles. The molecule has 0 fully saturated rings. The van der Waals surface area contributed by atoms with E-state index in [2.05, 4.69) is 5.32 Å². The lowest BCUT2D eigenvalue weighted by atomic mass is 10.3. The fraction of sp³-hybridized carbons (Fsp3) is 0.400. The highest BCUT2D eigenvalue weighted by molar-refractivity contribution is 6.44. The predicted octanol–water partition coefficient (Wildman–Crippen LogP) is 2.80. The summed E-state index contributed by atoms with van der Waals surface area (Å²) in [5.74, 6) is 0.550. The molecule has 0 atom stereocenters. The van der Waals surface area contributed by atoms with Crippen LogP contribution in [0, 0.1) is 0 Å². The average Bonchev–Trinajstić information content (AvgIpc) is 2.25. The van der Waals surface area contributed by atoms with Gasteiger partial charge in [0, 0.05) is 13.2 Å². The van der Waals surface area contributed by atoms with Crippen LogP contribution in [0.4, 0.5) is 5.69 Å². The molecule has 15 heavy (non-hydrogen) atoms. The van der Waals surface area contributed by atoms with Gasteiger partial charge in [0.15, 0.2) is 0 Å². The SMILES string of the molecule is COc1ccc(NCCCO)c(Cl)c1Cl. The number of methoxy groups -OCH3 is 1. The minimum atomic E-state index is 0.147. The van der Waals surface area contributed by atoms with E-state index >= 15 is 0 Å². The second-order valence-electron chi connectivity index (χ2n) is 2.95. The minimum absolute atomic E-state index is 0.147. The second kappa shape index (κ2) is 6.05. The first-order valence-corrected chi connectivity index (χ1v) is 5.33. The molecule has 0 aliphatic rings. The third kappa shape index (κ3) is 3.16. The molecular weight excluding hydrogens is 237 g/mol. The van der Waals surface area contributed by atoms with Gasteiger partial charge in [0.25, 0.3) is 0 Å². The first-order valence-electron chi connectivity index (χ1n) is 4.57. The molecule has 1 rings (SSSR count). The van der Waals surface area contributed by atoms with E-state index in [0.717, 1.165) is 5.69 Å². The molecule has 0 bridgehead atoms. The van der Waals surface area contributed by atoms with Crippen molar-refractivity contribution in [2.45, 2.75) is 6.42 Å². The van der Waals surface area contributed by atoms with Crippen LogP contribution >= 0.6 is 23.2 Å². The number of anilines is 1. The van der Waals surface area contributed by atoms with Gasteiger partial charge in [-0.05, 0) is 18.6 Å². The van der Waals surface area contributed by atoms with Crippen LogP contribution in [-0.2, 0) is 0 Å². The number of nitrogens with one attached hydrogen (secondary N) is 1. The lowest BCUT2D eigenvalue weighted by Gasteiger charge is -2.11. The Balaban J connectivity index is 2.77. The van der Waals surface area contributed by atoms with Gasteiger partial charge >= 0.3 is 0 Å². The van der Waals surface area contributed by atoms with Crippen LogP contribution in [0.2, 0.25) is 10.0 Å². The summed E-state index contributed by atoms with van der Waals surface area (Å²) in [5.41, 5.74) is 0.746. The third-order valence-electron chi connectivity index (χ3n) is 1.92. The van der Waals surface area contributed by atoms with Gasteiger partial charge in [-0.3, -0.25) is 0 Å². The molecular formula is C10H13Cl2NO2. The van der Waals surface area contributed by atoms with Crippen LogP contribution in [0.25, 0.3) is 0 Å². The van der Waals surface area contributed by atoms with Gasteiger partial charge in [0.1, 0.15) is 10.8 Å². The topological polar surface area (TPSA) is 41.5 Å². The molecule has 0 saturated carbocycles. The molecule has 2 N–H and O–H groups in total. The lowest BCUT2D eigenvalue weighted by Crippen LogP contribution is -2.04. The van der Waals surface area contributed by atoms with Crippen LogP contribution in [-0.4, -0.2) is 25.4 Å². The molecule has 3 nitrogen and oxygen atoms in total. The molecule has 0 aromatic heterocycles. The molecule has 1 aromatic rings. The van der Waals surface area contributed by atoms with Crippen molar-refractivity contribution in [1.29, 1.82) is 0 Å². The summed E-state index contributed by atoms with van der Waals surface area (Å²) in [6, 6.07) is 3.54. The quantitative estimate of drug-likeness (QED) is 0.789. The summed E-state index contributed by atoms with van der Waals surface area (Å²) in [5, 5.41) is 12.5. The van der Waals surface area contributed by atoms with Crippen molar-refractivity contribution in [3.05, 3.63) is 22.2 Å². The Morgan fingerprint density at radius 1 is 1.33 bits per heavy atom. The average molecular weight is 250 g/mol. The Morgan fingerprint density at radius 3 is 2.67 bits per heavy atom. The molecule has 0 aliphatic carbocycles. The minimum Gasteiger partial charge on any atom is -0.495 e. The summed E-state index contributed by atoms with van der Waals surface area (Å²) < 4.78 is 5.02. The Hall–Kier alpha value is -0.640. The molecule has 0 unspecified atom stereocenters. The Bertz CT molecular complexity index is 331. The molecule has 0 spiro atoms. The maximum atomic E-state index is 8.63. The summed E-state index contributed by atoms with van der Waals surface area (Å²) in [7, 11) is 1.54. The first kappa shape index (κ1) is 12.4. The van der Waals surface area contributed by atoms with E-state index in [-0.39, 0.29) is 6.61 Å². The van der Waals surface area contributed by atoms with Crippen molar-refractivity contribution < 1.29 is 9.84 Å². The van der Waals surface area contributed by atoms with Crippen molar-refractivity contribution in [2.75, 3.05) is 25.6 Å². The molecule has 0 heterocycles. The van der Waals surface area contributed by atoms with Gasteiger partial charge in [-0.25, -0.2) is 0 Å². The summed E-state index contributed by atoms with van der Waals surface area (Å²) >= 11 is 12.0. The van der Waals surface area contributed by atoms with Crippen LogP contribution in [0.3, 0.4) is 0 Å². The van der Waals surface area contributed by atoms with E-state index < -0.39 is 0 Å². The van der Waals surface area contributed by atoms with Gasteiger partial charge < -0.3 is 15.2 Å². The molecule has 0 amide bonds. The number of benzene rings is 1. The first-order chi connectivity index (χ1) is 7.20. The fourth-order valence-corrected chi connectivity index (χ4v) is 1.59. The lowest BCUT2D eigenvalue weighted by molar-refractivity contribution is 0.292. The number of rotatable bonds is 5. The molecule has 84 valence electrons. The number of ether oxygens (including phenoxy) is 1. The standard InChI is InChI=1S/C10H13Cl2NO2/c1-15-8-4-3-7(9(11)10(8)12)13-5-2-6-14/h3-4,13-14H,2,5-6H2,1H3. The van der Waals surface area contributed by atoms with Gasteiger partial charge in [-0.1, -0.05) is 23.2 Å². The highest BCUT2D eigenvalue weighted by Crippen LogP contribution is 2.37. The predicted molar refractivity (Wildman–Crippen MR) is 63.2 cm³/mol. The van der Waals surface area contributed by atoms with Crippen molar-refractivity contribution >= 4 is 28.9 Å². The number of hydrogen-bond donors (Lipinski definition) is 2. The normalized spacial score (nSPS) is 10.1.